The van der Waals surface area contributed by atoms with Crippen molar-refractivity contribution in [1.82, 2.24) is 15.1 Å². The van der Waals surface area contributed by atoms with Crippen molar-refractivity contribution in [2.24, 2.45) is 0 Å². The average Bonchev–Trinajstić information content (AvgIpc) is 3.16. The Labute approximate surface area is 152 Å². The van der Waals surface area contributed by atoms with Crippen LogP contribution >= 0.6 is 0 Å². The van der Waals surface area contributed by atoms with Gasteiger partial charge in [-0.2, -0.15) is 5.10 Å². The summed E-state index contributed by atoms with van der Waals surface area (Å²) in [4.78, 5) is 12.0. The molecule has 132 valence electrons. The number of methoxy groups -OCH3 is 1. The first kappa shape index (κ1) is 17.5. The van der Waals surface area contributed by atoms with Crippen LogP contribution in [-0.2, 0) is 11.2 Å². The number of hydrogen-bond acceptors (Lipinski definition) is 3. The van der Waals surface area contributed by atoms with E-state index in [9.17, 15) is 4.79 Å². The Morgan fingerprint density at radius 2 is 1.92 bits per heavy atom. The molecule has 0 atom stereocenters. The van der Waals surface area contributed by atoms with Crippen LogP contribution in [-0.4, -0.2) is 29.3 Å². The van der Waals surface area contributed by atoms with Gasteiger partial charge in [-0.25, -0.2) is 4.68 Å². The van der Waals surface area contributed by atoms with Gasteiger partial charge >= 0.3 is 0 Å². The van der Waals surface area contributed by atoms with E-state index in [4.69, 9.17) is 4.74 Å². The summed E-state index contributed by atoms with van der Waals surface area (Å²) in [6.45, 7) is 0.551. The van der Waals surface area contributed by atoms with Gasteiger partial charge in [0.05, 0.1) is 19.0 Å². The van der Waals surface area contributed by atoms with Gasteiger partial charge in [-0.05, 0) is 36.3 Å². The van der Waals surface area contributed by atoms with Crippen molar-refractivity contribution >= 4 is 12.0 Å². The maximum absolute atomic E-state index is 12.0. The molecule has 1 heterocycles. The predicted molar refractivity (Wildman–Crippen MR) is 102 cm³/mol. The van der Waals surface area contributed by atoms with Crippen LogP contribution in [0.1, 0.15) is 11.1 Å². The van der Waals surface area contributed by atoms with E-state index >= 15 is 0 Å². The number of amides is 1. The highest BCUT2D eigenvalue weighted by atomic mass is 16.5. The van der Waals surface area contributed by atoms with Gasteiger partial charge in [-0.15, -0.1) is 0 Å². The number of benzene rings is 2. The second kappa shape index (κ2) is 8.67. The Morgan fingerprint density at radius 1 is 1.15 bits per heavy atom. The summed E-state index contributed by atoms with van der Waals surface area (Å²) in [5.41, 5.74) is 2.96. The SMILES string of the molecule is COc1ccccc1/C=C/C(=O)NCCc1cnn(-c2ccccc2)c1. The molecular weight excluding hydrogens is 326 g/mol. The molecule has 0 fully saturated rings. The fourth-order valence-electron chi connectivity index (χ4n) is 2.57. The number of hydrogen-bond donors (Lipinski definition) is 1. The Hall–Kier alpha value is -3.34. The standard InChI is InChI=1S/C21H21N3O2/c1-26-20-10-6-5-7-18(20)11-12-21(25)22-14-13-17-15-23-24(16-17)19-8-3-2-4-9-19/h2-12,15-16H,13-14H2,1H3,(H,22,25)/b12-11+. The lowest BCUT2D eigenvalue weighted by molar-refractivity contribution is -0.116. The van der Waals surface area contributed by atoms with Gasteiger partial charge in [0.25, 0.3) is 0 Å². The molecule has 0 aliphatic heterocycles. The molecule has 0 bridgehead atoms. The molecule has 26 heavy (non-hydrogen) atoms. The second-order valence-corrected chi connectivity index (χ2v) is 5.75. The second-order valence-electron chi connectivity index (χ2n) is 5.75. The summed E-state index contributed by atoms with van der Waals surface area (Å²) in [5, 5.41) is 7.24. The molecule has 0 spiro atoms. The van der Waals surface area contributed by atoms with Crippen molar-refractivity contribution in [3.05, 3.63) is 84.2 Å². The summed E-state index contributed by atoms with van der Waals surface area (Å²) in [6.07, 6.45) is 7.80. The van der Waals surface area contributed by atoms with Crippen LogP contribution in [0.25, 0.3) is 11.8 Å². The van der Waals surface area contributed by atoms with E-state index in [0.717, 1.165) is 29.0 Å². The number of carbonyl (C=O) groups is 1. The minimum atomic E-state index is -0.133. The number of rotatable bonds is 7. The maximum Gasteiger partial charge on any atom is 0.244 e. The number of ether oxygens (including phenoxy) is 1. The molecule has 2 aromatic carbocycles. The highest BCUT2D eigenvalue weighted by Gasteiger charge is 2.02. The van der Waals surface area contributed by atoms with E-state index in [1.807, 2.05) is 71.7 Å². The van der Waals surface area contributed by atoms with Gasteiger partial charge in [0.15, 0.2) is 0 Å². The van der Waals surface area contributed by atoms with E-state index in [2.05, 4.69) is 10.4 Å². The monoisotopic (exact) mass is 347 g/mol. The highest BCUT2D eigenvalue weighted by Crippen LogP contribution is 2.18. The van der Waals surface area contributed by atoms with Crippen molar-refractivity contribution in [2.75, 3.05) is 13.7 Å². The summed E-state index contributed by atoms with van der Waals surface area (Å²) in [7, 11) is 1.61. The molecule has 5 nitrogen and oxygen atoms in total. The van der Waals surface area contributed by atoms with E-state index in [0.29, 0.717) is 6.54 Å². The Kier molecular flexibility index (Phi) is 5.83. The molecule has 1 N–H and O–H groups in total. The van der Waals surface area contributed by atoms with Crippen LogP contribution in [0.15, 0.2) is 73.1 Å². The molecule has 0 radical (unpaired) electrons. The van der Waals surface area contributed by atoms with Crippen molar-refractivity contribution in [1.29, 1.82) is 0 Å². The summed E-state index contributed by atoms with van der Waals surface area (Å²) in [6, 6.07) is 17.5. The number of carbonyl (C=O) groups excluding carboxylic acids is 1. The molecule has 5 heteroatoms. The third-order valence-electron chi connectivity index (χ3n) is 3.92. The van der Waals surface area contributed by atoms with Gasteiger partial charge < -0.3 is 10.1 Å². The molecule has 3 aromatic rings. The first-order valence-corrected chi connectivity index (χ1v) is 8.44. The minimum Gasteiger partial charge on any atom is -0.496 e. The van der Waals surface area contributed by atoms with Gasteiger partial charge in [0.1, 0.15) is 5.75 Å². The molecule has 3 rings (SSSR count). The normalized spacial score (nSPS) is 10.8. The first-order chi connectivity index (χ1) is 12.8. The quantitative estimate of drug-likeness (QED) is 0.668. The zero-order valence-electron chi connectivity index (χ0n) is 14.6. The van der Waals surface area contributed by atoms with E-state index in [-0.39, 0.29) is 5.91 Å². The van der Waals surface area contributed by atoms with Crippen LogP contribution in [0.3, 0.4) is 0 Å². The number of aromatic nitrogens is 2. The molecule has 0 saturated heterocycles. The third-order valence-corrected chi connectivity index (χ3v) is 3.92. The van der Waals surface area contributed by atoms with E-state index in [1.165, 1.54) is 6.08 Å². The summed E-state index contributed by atoms with van der Waals surface area (Å²) in [5.74, 6) is 0.608. The van der Waals surface area contributed by atoms with Crippen LogP contribution in [0.4, 0.5) is 0 Å². The topological polar surface area (TPSA) is 56.1 Å². The van der Waals surface area contributed by atoms with Crippen molar-refractivity contribution in [3.8, 4) is 11.4 Å². The molecule has 0 unspecified atom stereocenters. The summed E-state index contributed by atoms with van der Waals surface area (Å²) < 4.78 is 7.10. The van der Waals surface area contributed by atoms with Crippen LogP contribution in [0.5, 0.6) is 5.75 Å². The van der Waals surface area contributed by atoms with Gasteiger partial charge in [-0.3, -0.25) is 4.79 Å². The fourth-order valence-corrected chi connectivity index (χ4v) is 2.57. The lowest BCUT2D eigenvalue weighted by Gasteiger charge is -2.04. The van der Waals surface area contributed by atoms with Crippen LogP contribution in [0, 0.1) is 0 Å². The molecule has 1 aromatic heterocycles. The van der Waals surface area contributed by atoms with Gasteiger partial charge in [0.2, 0.25) is 5.91 Å². The predicted octanol–water partition coefficient (Wildman–Crippen LogP) is 3.25. The minimum absolute atomic E-state index is 0.133. The van der Waals surface area contributed by atoms with Gasteiger partial charge in [0, 0.05) is 24.4 Å². The largest absolute Gasteiger partial charge is 0.496 e. The third kappa shape index (κ3) is 4.60. The van der Waals surface area contributed by atoms with Crippen molar-refractivity contribution in [3.63, 3.8) is 0 Å². The zero-order valence-corrected chi connectivity index (χ0v) is 14.6. The molecule has 0 aliphatic carbocycles. The number of nitrogens with one attached hydrogen (secondary N) is 1. The van der Waals surface area contributed by atoms with E-state index < -0.39 is 0 Å². The molecule has 0 saturated carbocycles. The highest BCUT2D eigenvalue weighted by molar-refractivity contribution is 5.92. The maximum atomic E-state index is 12.0. The molecule has 0 aliphatic rings. The fraction of sp³-hybridized carbons (Fsp3) is 0.143. The van der Waals surface area contributed by atoms with E-state index in [1.54, 1.807) is 13.2 Å². The van der Waals surface area contributed by atoms with Crippen LogP contribution in [0.2, 0.25) is 0 Å². The smallest absolute Gasteiger partial charge is 0.244 e. The molecule has 1 amide bonds. The lowest BCUT2D eigenvalue weighted by Crippen LogP contribution is -2.23. The molecular formula is C21H21N3O2. The average molecular weight is 347 g/mol. The number of nitrogens with zero attached hydrogens (tertiary/aromatic N) is 2. The Morgan fingerprint density at radius 3 is 2.73 bits per heavy atom. The zero-order chi connectivity index (χ0) is 18.2. The van der Waals surface area contributed by atoms with Crippen molar-refractivity contribution in [2.45, 2.75) is 6.42 Å². The van der Waals surface area contributed by atoms with Crippen LogP contribution < -0.4 is 10.1 Å². The first-order valence-electron chi connectivity index (χ1n) is 8.44. The summed E-state index contributed by atoms with van der Waals surface area (Å²) >= 11 is 0. The van der Waals surface area contributed by atoms with Crippen molar-refractivity contribution < 1.29 is 9.53 Å². The van der Waals surface area contributed by atoms with Gasteiger partial charge in [-0.1, -0.05) is 36.4 Å². The Balaban J connectivity index is 1.50. The Bertz CT molecular complexity index is 885. The number of para-hydroxylation sites is 2. The lowest BCUT2D eigenvalue weighted by atomic mass is 10.2.